The van der Waals surface area contributed by atoms with Crippen LogP contribution in [-0.2, 0) is 19.6 Å². The number of pyridine rings is 1. The molecule has 3 rings (SSSR count). The molecule has 0 aliphatic heterocycles. The quantitative estimate of drug-likeness (QED) is 0.397. The van der Waals surface area contributed by atoms with Crippen LogP contribution in [0.15, 0.2) is 88.1 Å². The van der Waals surface area contributed by atoms with E-state index in [2.05, 4.69) is 25.3 Å². The number of anilines is 2. The summed E-state index contributed by atoms with van der Waals surface area (Å²) < 4.78 is 27.3. The van der Waals surface area contributed by atoms with Gasteiger partial charge in [-0.15, -0.1) is 0 Å². The summed E-state index contributed by atoms with van der Waals surface area (Å²) in [5.74, 6) is -0.881. The fourth-order valence-corrected chi connectivity index (χ4v) is 3.68. The minimum absolute atomic E-state index is 0.00233. The molecule has 0 spiro atoms. The van der Waals surface area contributed by atoms with Crippen molar-refractivity contribution < 1.29 is 18.0 Å². The number of carbonyl (C=O) groups excluding carboxylic acids is 2. The van der Waals surface area contributed by atoms with Crippen molar-refractivity contribution in [2.24, 2.45) is 10.2 Å². The zero-order valence-electron chi connectivity index (χ0n) is 17.4. The standard InChI is InChI=1S/C22H21N5O4S/c1-15-7-3-4-8-19(15)24-22(29)21(16(2)28)26-25-17-10-12-18(13-11-17)32(30,31)27-20-9-5-6-14-23-20/h3-14,21H,1-2H3,(H,23,27)(H,24,29)/t21-/m1/s1. The van der Waals surface area contributed by atoms with E-state index in [0.717, 1.165) is 5.56 Å². The Morgan fingerprint density at radius 3 is 2.28 bits per heavy atom. The number of carbonyl (C=O) groups is 2. The Morgan fingerprint density at radius 1 is 0.969 bits per heavy atom. The number of hydrogen-bond donors (Lipinski definition) is 2. The lowest BCUT2D eigenvalue weighted by molar-refractivity contribution is -0.126. The van der Waals surface area contributed by atoms with Gasteiger partial charge in [-0.1, -0.05) is 24.3 Å². The number of Topliss-reactive ketones (excluding diaryl/α,β-unsaturated/α-hetero) is 1. The molecule has 1 amide bonds. The first-order chi connectivity index (χ1) is 15.3. The van der Waals surface area contributed by atoms with Gasteiger partial charge in [0.2, 0.25) is 6.04 Å². The van der Waals surface area contributed by atoms with Crippen LogP contribution in [0.3, 0.4) is 0 Å². The Labute approximate surface area is 185 Å². The summed E-state index contributed by atoms with van der Waals surface area (Å²) in [7, 11) is -3.83. The van der Waals surface area contributed by atoms with Crippen LogP contribution in [0.2, 0.25) is 0 Å². The van der Waals surface area contributed by atoms with Crippen LogP contribution >= 0.6 is 0 Å². The molecule has 1 atom stereocenters. The first-order valence-electron chi connectivity index (χ1n) is 9.58. The number of aryl methyl sites for hydroxylation is 1. The van der Waals surface area contributed by atoms with Gasteiger partial charge in [0.05, 0.1) is 10.6 Å². The smallest absolute Gasteiger partial charge is 0.263 e. The van der Waals surface area contributed by atoms with Gasteiger partial charge >= 0.3 is 0 Å². The van der Waals surface area contributed by atoms with Gasteiger partial charge in [0.15, 0.2) is 5.78 Å². The number of aromatic nitrogens is 1. The van der Waals surface area contributed by atoms with Gasteiger partial charge in [0.25, 0.3) is 15.9 Å². The molecule has 1 heterocycles. The van der Waals surface area contributed by atoms with Gasteiger partial charge in [-0.25, -0.2) is 13.4 Å². The Bertz CT molecular complexity index is 1240. The number of hydrogen-bond acceptors (Lipinski definition) is 7. The third-order valence-electron chi connectivity index (χ3n) is 4.38. The van der Waals surface area contributed by atoms with Gasteiger partial charge in [-0.3, -0.25) is 14.3 Å². The summed E-state index contributed by atoms with van der Waals surface area (Å²) in [5, 5.41) is 10.5. The first kappa shape index (κ1) is 22.8. The van der Waals surface area contributed by atoms with Crippen LogP contribution in [0.25, 0.3) is 0 Å². The van der Waals surface area contributed by atoms with Crippen LogP contribution in [0, 0.1) is 6.92 Å². The molecule has 0 bridgehead atoms. The zero-order chi connectivity index (χ0) is 23.1. The molecular weight excluding hydrogens is 430 g/mol. The van der Waals surface area contributed by atoms with Gasteiger partial charge in [0, 0.05) is 11.9 Å². The van der Waals surface area contributed by atoms with Crippen molar-refractivity contribution in [3.8, 4) is 0 Å². The lowest BCUT2D eigenvalue weighted by atomic mass is 10.1. The molecule has 0 aliphatic rings. The normalized spacial score (nSPS) is 12.3. The van der Waals surface area contributed by atoms with E-state index in [1.165, 1.54) is 43.5 Å². The monoisotopic (exact) mass is 451 g/mol. The highest BCUT2D eigenvalue weighted by Crippen LogP contribution is 2.20. The van der Waals surface area contributed by atoms with E-state index < -0.39 is 27.8 Å². The molecule has 164 valence electrons. The molecule has 0 saturated carbocycles. The maximum Gasteiger partial charge on any atom is 0.263 e. The average molecular weight is 452 g/mol. The van der Waals surface area contributed by atoms with E-state index in [-0.39, 0.29) is 16.4 Å². The molecule has 0 radical (unpaired) electrons. The minimum atomic E-state index is -3.83. The summed E-state index contributed by atoms with van der Waals surface area (Å²) in [6.45, 7) is 3.08. The first-order valence-corrected chi connectivity index (χ1v) is 11.1. The van der Waals surface area contributed by atoms with Crippen molar-refractivity contribution in [2.75, 3.05) is 10.0 Å². The van der Waals surface area contributed by atoms with Gasteiger partial charge in [-0.05, 0) is 61.9 Å². The number of benzene rings is 2. The maximum absolute atomic E-state index is 12.5. The third kappa shape index (κ3) is 5.82. The molecule has 0 aliphatic carbocycles. The Hall–Kier alpha value is -3.92. The molecule has 10 heteroatoms. The summed E-state index contributed by atoms with van der Waals surface area (Å²) >= 11 is 0. The molecule has 3 aromatic rings. The minimum Gasteiger partial charge on any atom is -0.324 e. The second kappa shape index (κ2) is 9.92. The second-order valence-corrected chi connectivity index (χ2v) is 8.53. The lowest BCUT2D eigenvalue weighted by Gasteiger charge is -2.11. The number of nitrogens with zero attached hydrogens (tertiary/aromatic N) is 3. The largest absolute Gasteiger partial charge is 0.324 e. The predicted octanol–water partition coefficient (Wildman–Crippen LogP) is 3.87. The van der Waals surface area contributed by atoms with E-state index in [0.29, 0.717) is 5.69 Å². The number of sulfonamides is 1. The molecule has 0 fully saturated rings. The molecule has 32 heavy (non-hydrogen) atoms. The van der Waals surface area contributed by atoms with Crippen LogP contribution in [-0.4, -0.2) is 31.1 Å². The molecule has 2 aromatic carbocycles. The van der Waals surface area contributed by atoms with E-state index in [1.807, 2.05) is 19.1 Å². The summed E-state index contributed by atoms with van der Waals surface area (Å²) in [4.78, 5) is 28.4. The predicted molar refractivity (Wildman–Crippen MR) is 120 cm³/mol. The molecular formula is C22H21N5O4S. The summed E-state index contributed by atoms with van der Waals surface area (Å²) in [5.41, 5.74) is 1.71. The fourth-order valence-electron chi connectivity index (χ4n) is 2.67. The number of para-hydroxylation sites is 1. The van der Waals surface area contributed by atoms with Crippen molar-refractivity contribution in [1.29, 1.82) is 0 Å². The van der Waals surface area contributed by atoms with Crippen molar-refractivity contribution in [2.45, 2.75) is 24.8 Å². The molecule has 0 saturated heterocycles. The zero-order valence-corrected chi connectivity index (χ0v) is 18.2. The molecule has 9 nitrogen and oxygen atoms in total. The molecule has 0 unspecified atom stereocenters. The molecule has 2 N–H and O–H groups in total. The van der Waals surface area contributed by atoms with E-state index in [9.17, 15) is 18.0 Å². The van der Waals surface area contributed by atoms with E-state index in [1.54, 1.807) is 24.3 Å². The highest BCUT2D eigenvalue weighted by molar-refractivity contribution is 7.92. The second-order valence-electron chi connectivity index (χ2n) is 6.85. The SMILES string of the molecule is CC(=O)[C@@H](N=Nc1ccc(S(=O)(=O)Nc2ccccn2)cc1)C(=O)Nc1ccccc1C. The van der Waals surface area contributed by atoms with Crippen molar-refractivity contribution >= 4 is 38.9 Å². The van der Waals surface area contributed by atoms with Gasteiger partial charge in [0.1, 0.15) is 5.82 Å². The lowest BCUT2D eigenvalue weighted by Crippen LogP contribution is -2.32. The number of rotatable bonds is 8. The highest BCUT2D eigenvalue weighted by Gasteiger charge is 2.23. The van der Waals surface area contributed by atoms with E-state index in [4.69, 9.17) is 0 Å². The van der Waals surface area contributed by atoms with Crippen molar-refractivity contribution in [3.63, 3.8) is 0 Å². The van der Waals surface area contributed by atoms with Crippen LogP contribution < -0.4 is 10.0 Å². The van der Waals surface area contributed by atoms with Gasteiger partial charge < -0.3 is 5.32 Å². The Morgan fingerprint density at radius 2 is 1.66 bits per heavy atom. The number of amides is 1. The van der Waals surface area contributed by atoms with Crippen molar-refractivity contribution in [1.82, 2.24) is 4.98 Å². The summed E-state index contributed by atoms with van der Waals surface area (Å²) in [6, 6.07) is 16.2. The van der Waals surface area contributed by atoms with Gasteiger partial charge in [-0.2, -0.15) is 10.2 Å². The number of azo groups is 1. The van der Waals surface area contributed by atoms with Crippen LogP contribution in [0.4, 0.5) is 17.2 Å². The number of ketones is 1. The maximum atomic E-state index is 12.5. The number of nitrogens with one attached hydrogen (secondary N) is 2. The molecule has 1 aromatic heterocycles. The van der Waals surface area contributed by atoms with E-state index >= 15 is 0 Å². The van der Waals surface area contributed by atoms with Crippen LogP contribution in [0.1, 0.15) is 12.5 Å². The summed E-state index contributed by atoms with van der Waals surface area (Å²) in [6.07, 6.45) is 1.47. The highest BCUT2D eigenvalue weighted by atomic mass is 32.2. The van der Waals surface area contributed by atoms with Crippen LogP contribution in [0.5, 0.6) is 0 Å². The third-order valence-corrected chi connectivity index (χ3v) is 5.75. The Balaban J connectivity index is 1.72. The fraction of sp³-hybridized carbons (Fsp3) is 0.136. The Kier molecular flexibility index (Phi) is 7.06. The topological polar surface area (TPSA) is 130 Å². The average Bonchev–Trinajstić information content (AvgIpc) is 2.76. The van der Waals surface area contributed by atoms with Crippen molar-refractivity contribution in [3.05, 3.63) is 78.5 Å².